The summed E-state index contributed by atoms with van der Waals surface area (Å²) in [6.07, 6.45) is 6.25. The highest BCUT2D eigenvalue weighted by molar-refractivity contribution is 7.26. The Kier molecular flexibility index (Phi) is 7.89. The van der Waals surface area contributed by atoms with Crippen molar-refractivity contribution < 1.29 is 0 Å². The minimum Gasteiger partial charge on any atom is -0.135 e. The van der Waals surface area contributed by atoms with Crippen molar-refractivity contribution in [2.45, 2.75) is 33.1 Å². The zero-order valence-electron chi connectivity index (χ0n) is 32.3. The van der Waals surface area contributed by atoms with Crippen molar-refractivity contribution in [2.75, 3.05) is 0 Å². The van der Waals surface area contributed by atoms with Crippen LogP contribution in [0.4, 0.5) is 0 Å². The molecular weight excluding hydrogens is 693 g/mol. The van der Waals surface area contributed by atoms with Gasteiger partial charge in [-0.3, -0.25) is 0 Å². The molecule has 0 saturated carbocycles. The van der Waals surface area contributed by atoms with Gasteiger partial charge < -0.3 is 0 Å². The van der Waals surface area contributed by atoms with E-state index < -0.39 is 0 Å². The fraction of sp³-hybridized carbons (Fsp3) is 0.0909. The fourth-order valence-corrected chi connectivity index (χ4v) is 10.7. The maximum atomic E-state index is 4.84. The Morgan fingerprint density at radius 3 is 1.95 bits per heavy atom. The summed E-state index contributed by atoms with van der Waals surface area (Å²) in [6, 6.07) is 51.9. The highest BCUT2D eigenvalue weighted by Crippen LogP contribution is 2.55. The van der Waals surface area contributed by atoms with E-state index in [0.717, 1.165) is 27.8 Å². The number of fused-ring (bicyclic) bond motifs is 11. The van der Waals surface area contributed by atoms with Crippen LogP contribution in [0, 0.1) is 0 Å². The molecule has 0 bridgehead atoms. The van der Waals surface area contributed by atoms with Gasteiger partial charge in [0.15, 0.2) is 0 Å². The predicted octanol–water partition coefficient (Wildman–Crippen LogP) is 16.1. The average Bonchev–Trinajstić information content (AvgIpc) is 3.73. The second kappa shape index (κ2) is 12.9. The number of allylic oxidation sites excluding steroid dienone is 5. The van der Waals surface area contributed by atoms with Crippen molar-refractivity contribution in [1.29, 1.82) is 0 Å². The summed E-state index contributed by atoms with van der Waals surface area (Å²) in [7, 11) is 0. The fourth-order valence-electron chi connectivity index (χ4n) is 9.57. The number of thiophene rings is 1. The van der Waals surface area contributed by atoms with Crippen LogP contribution in [-0.4, -0.2) is 0 Å². The second-order valence-corrected chi connectivity index (χ2v) is 16.8. The molecule has 1 heterocycles. The van der Waals surface area contributed by atoms with Crippen molar-refractivity contribution in [3.63, 3.8) is 0 Å². The molecular formula is C55H42S. The third kappa shape index (κ3) is 4.97. The van der Waals surface area contributed by atoms with Gasteiger partial charge in [0, 0.05) is 25.6 Å². The van der Waals surface area contributed by atoms with Crippen molar-refractivity contribution in [3.05, 3.63) is 204 Å². The summed E-state index contributed by atoms with van der Waals surface area (Å²) >= 11 is 1.90. The maximum absolute atomic E-state index is 4.84. The Bertz CT molecular complexity index is 3150. The van der Waals surface area contributed by atoms with Crippen molar-refractivity contribution in [3.8, 4) is 22.3 Å². The number of rotatable bonds is 6. The molecule has 0 atom stereocenters. The lowest BCUT2D eigenvalue weighted by Crippen LogP contribution is -2.15. The highest BCUT2D eigenvalue weighted by atomic mass is 32.1. The Hall–Kier alpha value is -6.28. The maximum Gasteiger partial charge on any atom is 0.0361 e. The number of benzene rings is 8. The smallest absolute Gasteiger partial charge is 0.0361 e. The summed E-state index contributed by atoms with van der Waals surface area (Å²) in [5, 5.41) is 10.3. The van der Waals surface area contributed by atoms with Gasteiger partial charge in [-0.05, 0) is 131 Å². The molecule has 1 heteroatoms. The SMILES string of the molecule is C=C(/C(C)=C/C=C\C)c1ccccc1C(=C)c1c2ccccc2c(-c2ccc3c(c2)-c2ccc4ccc5sc6ccccc6c5c4c2C3(C)C)c2ccccc12. The third-order valence-corrected chi connectivity index (χ3v) is 13.4. The molecule has 0 amide bonds. The van der Waals surface area contributed by atoms with Crippen LogP contribution < -0.4 is 0 Å². The molecule has 9 aromatic rings. The summed E-state index contributed by atoms with van der Waals surface area (Å²) in [4.78, 5) is 0. The van der Waals surface area contributed by atoms with Crippen LogP contribution in [0.2, 0.25) is 0 Å². The lowest BCUT2D eigenvalue weighted by atomic mass is 9.79. The molecule has 0 aliphatic heterocycles. The Morgan fingerprint density at radius 2 is 1.23 bits per heavy atom. The molecule has 1 aromatic heterocycles. The quantitative estimate of drug-likeness (QED) is 0.118. The van der Waals surface area contributed by atoms with E-state index in [0.29, 0.717) is 0 Å². The number of hydrogen-bond donors (Lipinski definition) is 0. The van der Waals surface area contributed by atoms with E-state index in [1.54, 1.807) is 0 Å². The molecule has 1 aliphatic carbocycles. The van der Waals surface area contributed by atoms with Crippen molar-refractivity contribution in [2.24, 2.45) is 0 Å². The minimum absolute atomic E-state index is 0.163. The van der Waals surface area contributed by atoms with Gasteiger partial charge in [0.25, 0.3) is 0 Å². The number of hydrogen-bond acceptors (Lipinski definition) is 1. The van der Waals surface area contributed by atoms with Crippen LogP contribution in [0.5, 0.6) is 0 Å². The minimum atomic E-state index is -0.163. The molecule has 10 rings (SSSR count). The van der Waals surface area contributed by atoms with Gasteiger partial charge in [0.2, 0.25) is 0 Å². The first kappa shape index (κ1) is 34.2. The van der Waals surface area contributed by atoms with Gasteiger partial charge in [-0.1, -0.05) is 167 Å². The molecule has 56 heavy (non-hydrogen) atoms. The topological polar surface area (TPSA) is 0 Å². The van der Waals surface area contributed by atoms with Crippen LogP contribution >= 0.6 is 11.3 Å². The van der Waals surface area contributed by atoms with Crippen LogP contribution in [-0.2, 0) is 5.41 Å². The molecule has 0 radical (unpaired) electrons. The van der Waals surface area contributed by atoms with Gasteiger partial charge in [-0.15, -0.1) is 11.3 Å². The van der Waals surface area contributed by atoms with Gasteiger partial charge in [0.1, 0.15) is 0 Å². The summed E-state index contributed by atoms with van der Waals surface area (Å²) in [5.41, 5.74) is 14.3. The molecule has 0 fully saturated rings. The first-order valence-electron chi connectivity index (χ1n) is 19.5. The lowest BCUT2D eigenvalue weighted by Gasteiger charge is -2.24. The van der Waals surface area contributed by atoms with Crippen LogP contribution in [0.15, 0.2) is 176 Å². The largest absolute Gasteiger partial charge is 0.135 e. The van der Waals surface area contributed by atoms with Gasteiger partial charge >= 0.3 is 0 Å². The Balaban J connectivity index is 1.20. The molecule has 268 valence electrons. The Morgan fingerprint density at radius 1 is 0.607 bits per heavy atom. The summed E-state index contributed by atoms with van der Waals surface area (Å²) in [5.74, 6) is 0. The first-order chi connectivity index (χ1) is 27.3. The molecule has 1 aliphatic rings. The van der Waals surface area contributed by atoms with E-state index in [1.165, 1.54) is 91.4 Å². The van der Waals surface area contributed by atoms with E-state index in [-0.39, 0.29) is 5.41 Å². The van der Waals surface area contributed by atoms with Crippen LogP contribution in [0.1, 0.15) is 55.5 Å². The normalized spacial score (nSPS) is 13.7. The lowest BCUT2D eigenvalue weighted by molar-refractivity contribution is 0.667. The van der Waals surface area contributed by atoms with E-state index in [1.807, 2.05) is 24.3 Å². The second-order valence-electron chi connectivity index (χ2n) is 15.7. The molecule has 0 unspecified atom stereocenters. The monoisotopic (exact) mass is 734 g/mol. The highest BCUT2D eigenvalue weighted by Gasteiger charge is 2.38. The molecule has 0 saturated heterocycles. The van der Waals surface area contributed by atoms with Crippen LogP contribution in [0.25, 0.3) is 85.9 Å². The van der Waals surface area contributed by atoms with E-state index in [2.05, 4.69) is 179 Å². The molecule has 8 aromatic carbocycles. The van der Waals surface area contributed by atoms with Crippen molar-refractivity contribution >= 4 is 75.0 Å². The molecule has 0 nitrogen and oxygen atoms in total. The summed E-state index contributed by atoms with van der Waals surface area (Å²) < 4.78 is 2.70. The zero-order chi connectivity index (χ0) is 38.3. The van der Waals surface area contributed by atoms with E-state index >= 15 is 0 Å². The first-order valence-corrected chi connectivity index (χ1v) is 20.3. The van der Waals surface area contributed by atoms with E-state index in [4.69, 9.17) is 6.58 Å². The standard InChI is InChI=1S/C55H42S/c1-7-8-17-33(2)34(3)38-18-9-10-19-39(38)35(4)50-40-20-11-13-22-42(40)51(43-23-14-12-21-41(43)50)37-27-30-47-46(32-37)44-29-26-36-28-31-49-53(52(36)54(44)55(47,5)6)45-24-15-16-25-48(45)56-49/h7-32H,3-4H2,1-2,5-6H3/b8-7-,33-17+. The average molecular weight is 735 g/mol. The van der Waals surface area contributed by atoms with Crippen molar-refractivity contribution in [1.82, 2.24) is 0 Å². The third-order valence-electron chi connectivity index (χ3n) is 12.2. The van der Waals surface area contributed by atoms with E-state index in [9.17, 15) is 0 Å². The molecule has 0 spiro atoms. The van der Waals surface area contributed by atoms with Gasteiger partial charge in [0.05, 0.1) is 0 Å². The van der Waals surface area contributed by atoms with Gasteiger partial charge in [-0.25, -0.2) is 0 Å². The Labute approximate surface area is 333 Å². The summed E-state index contributed by atoms with van der Waals surface area (Å²) in [6.45, 7) is 18.4. The predicted molar refractivity (Wildman–Crippen MR) is 247 cm³/mol. The zero-order valence-corrected chi connectivity index (χ0v) is 33.2. The molecule has 0 N–H and O–H groups in total. The van der Waals surface area contributed by atoms with Crippen LogP contribution in [0.3, 0.4) is 0 Å². The van der Waals surface area contributed by atoms with Gasteiger partial charge in [-0.2, -0.15) is 0 Å².